The van der Waals surface area contributed by atoms with Crippen LogP contribution >= 0.6 is 0 Å². The third-order valence-electron chi connectivity index (χ3n) is 4.06. The van der Waals surface area contributed by atoms with Gasteiger partial charge < -0.3 is 0 Å². The van der Waals surface area contributed by atoms with Gasteiger partial charge in [0.25, 0.3) is 0 Å². The van der Waals surface area contributed by atoms with Crippen molar-refractivity contribution in [2.45, 2.75) is 38.2 Å². The van der Waals surface area contributed by atoms with Crippen molar-refractivity contribution in [2.75, 3.05) is 13.7 Å². The van der Waals surface area contributed by atoms with Crippen molar-refractivity contribution < 1.29 is 28.8 Å². The molecule has 0 N–H and O–H groups in total. The van der Waals surface area contributed by atoms with Crippen molar-refractivity contribution in [1.82, 2.24) is 0 Å². The second kappa shape index (κ2) is 4.91. The number of allylic oxidation sites excluding steroid dienone is 2. The normalized spacial score (nSPS) is 31.9. The number of methoxy groups -OCH3 is 1. The standard InChI is InChI=1S/C14H18O2.W/c1-15-9-12-13(10-5-2-3-6-10)11-7-4-8-16-14(11)12;/h5,11,14H,2-4,6-8H2,1H3;. The number of fused-ring (bicyclic) bond motifs is 1. The molecule has 0 amide bonds. The Morgan fingerprint density at radius 1 is 1.47 bits per heavy atom. The van der Waals surface area contributed by atoms with E-state index in [-0.39, 0.29) is 0 Å². The van der Waals surface area contributed by atoms with E-state index in [0.29, 0.717) is 12.0 Å². The summed E-state index contributed by atoms with van der Waals surface area (Å²) in [4.78, 5) is 0. The van der Waals surface area contributed by atoms with Crippen molar-refractivity contribution in [1.29, 1.82) is 0 Å². The second-order valence-corrected chi connectivity index (χ2v) is 6.31. The Hall–Kier alpha value is -0.0417. The summed E-state index contributed by atoms with van der Waals surface area (Å²) in [6.07, 6.45) is 9.11. The summed E-state index contributed by atoms with van der Waals surface area (Å²) in [7, 11) is 1.78. The molecule has 1 saturated heterocycles. The molecule has 2 aliphatic carbocycles. The molecule has 3 heteroatoms. The van der Waals surface area contributed by atoms with Crippen LogP contribution in [-0.4, -0.2) is 23.9 Å². The number of ether oxygens (including phenoxy) is 2. The van der Waals surface area contributed by atoms with Gasteiger partial charge in [-0.2, -0.15) is 0 Å². The molecule has 2 unspecified atom stereocenters. The first-order valence-corrected chi connectivity index (χ1v) is 7.93. The first kappa shape index (κ1) is 12.0. The summed E-state index contributed by atoms with van der Waals surface area (Å²) in [5.41, 5.74) is 4.56. The zero-order valence-corrected chi connectivity index (χ0v) is 13.1. The van der Waals surface area contributed by atoms with Gasteiger partial charge in [-0.05, 0) is 0 Å². The Labute approximate surface area is 113 Å². The zero-order chi connectivity index (χ0) is 11.8. The summed E-state index contributed by atoms with van der Waals surface area (Å²) >= 11 is 1.42. The van der Waals surface area contributed by atoms with E-state index >= 15 is 0 Å². The molecule has 0 saturated carbocycles. The third-order valence-corrected chi connectivity index (χ3v) is 5.45. The fourth-order valence-electron chi connectivity index (χ4n) is 3.28. The van der Waals surface area contributed by atoms with Gasteiger partial charge in [0.1, 0.15) is 0 Å². The molecule has 92 valence electrons. The summed E-state index contributed by atoms with van der Waals surface area (Å²) in [6, 6.07) is 0. The fourth-order valence-corrected chi connectivity index (χ4v) is 4.09. The average Bonchev–Trinajstić information content (AvgIpc) is 2.84. The van der Waals surface area contributed by atoms with Crippen LogP contribution in [0.4, 0.5) is 0 Å². The van der Waals surface area contributed by atoms with Crippen LogP contribution in [0.25, 0.3) is 0 Å². The molecular formula is C14H18O2W. The van der Waals surface area contributed by atoms with E-state index in [9.17, 15) is 0 Å². The molecule has 3 rings (SSSR count). The third kappa shape index (κ3) is 1.95. The van der Waals surface area contributed by atoms with E-state index in [2.05, 4.69) is 6.08 Å². The van der Waals surface area contributed by atoms with Crippen LogP contribution in [0.5, 0.6) is 0 Å². The molecule has 0 spiro atoms. The van der Waals surface area contributed by atoms with Gasteiger partial charge in [-0.25, -0.2) is 0 Å². The van der Waals surface area contributed by atoms with E-state index in [1.807, 2.05) is 0 Å². The van der Waals surface area contributed by atoms with Crippen LogP contribution in [-0.2, 0) is 28.8 Å². The molecule has 0 radical (unpaired) electrons. The molecular weight excluding hydrogens is 384 g/mol. The molecule has 17 heavy (non-hydrogen) atoms. The summed E-state index contributed by atoms with van der Waals surface area (Å²) < 4.78 is 12.5. The zero-order valence-electron chi connectivity index (χ0n) is 10.2. The van der Waals surface area contributed by atoms with Gasteiger partial charge in [-0.1, -0.05) is 0 Å². The van der Waals surface area contributed by atoms with Gasteiger partial charge in [0.2, 0.25) is 0 Å². The van der Waals surface area contributed by atoms with E-state index < -0.39 is 0 Å². The minimum atomic E-state index is 0.340. The molecule has 0 bridgehead atoms. The second-order valence-electron chi connectivity index (χ2n) is 4.98. The first-order valence-electron chi connectivity index (χ1n) is 6.46. The van der Waals surface area contributed by atoms with Gasteiger partial charge in [-0.15, -0.1) is 0 Å². The SMILES string of the molecule is CO[C](=[W])C1=C(C2=CCCC2)C2CCCOC12. The molecule has 1 heterocycles. The molecule has 0 aromatic heterocycles. The predicted octanol–water partition coefficient (Wildman–Crippen LogP) is 2.53. The van der Waals surface area contributed by atoms with Crippen molar-refractivity contribution in [3.8, 4) is 0 Å². The summed E-state index contributed by atoms with van der Waals surface area (Å²) in [5.74, 6) is 0.660. The Kier molecular flexibility index (Phi) is 3.47. The number of hydrogen-bond donors (Lipinski definition) is 0. The summed E-state index contributed by atoms with van der Waals surface area (Å²) in [6.45, 7) is 0.920. The van der Waals surface area contributed by atoms with Gasteiger partial charge in [0.15, 0.2) is 0 Å². The van der Waals surface area contributed by atoms with Crippen LogP contribution in [0.15, 0.2) is 22.8 Å². The molecule has 1 aliphatic heterocycles. The predicted molar refractivity (Wildman–Crippen MR) is 63.4 cm³/mol. The van der Waals surface area contributed by atoms with E-state index in [0.717, 1.165) is 10.7 Å². The van der Waals surface area contributed by atoms with Gasteiger partial charge in [-0.3, -0.25) is 0 Å². The van der Waals surface area contributed by atoms with E-state index in [1.165, 1.54) is 57.0 Å². The maximum atomic E-state index is 5.93. The fraction of sp³-hybridized carbons (Fsp3) is 0.643. The Morgan fingerprint density at radius 3 is 3.06 bits per heavy atom. The molecule has 0 aromatic rings. The number of hydrogen-bond acceptors (Lipinski definition) is 2. The minimum absolute atomic E-state index is 0.340. The van der Waals surface area contributed by atoms with Crippen LogP contribution in [0.3, 0.4) is 0 Å². The topological polar surface area (TPSA) is 18.5 Å². The molecule has 1 fully saturated rings. The van der Waals surface area contributed by atoms with E-state index in [4.69, 9.17) is 9.47 Å². The van der Waals surface area contributed by atoms with Crippen LogP contribution in [0, 0.1) is 5.92 Å². The van der Waals surface area contributed by atoms with Crippen molar-refractivity contribution in [2.24, 2.45) is 5.92 Å². The number of rotatable bonds is 3. The maximum absolute atomic E-state index is 5.93. The molecule has 3 aliphatic rings. The molecule has 2 atom stereocenters. The Morgan fingerprint density at radius 2 is 2.35 bits per heavy atom. The monoisotopic (exact) mass is 402 g/mol. The van der Waals surface area contributed by atoms with Crippen LogP contribution < -0.4 is 0 Å². The van der Waals surface area contributed by atoms with Crippen molar-refractivity contribution in [3.63, 3.8) is 0 Å². The quantitative estimate of drug-likeness (QED) is 0.723. The molecule has 2 nitrogen and oxygen atoms in total. The van der Waals surface area contributed by atoms with Crippen LogP contribution in [0.2, 0.25) is 0 Å². The van der Waals surface area contributed by atoms with Crippen molar-refractivity contribution in [3.05, 3.63) is 22.8 Å². The molecule has 0 aromatic carbocycles. The van der Waals surface area contributed by atoms with E-state index in [1.54, 1.807) is 18.3 Å². The Bertz CT molecular complexity index is 408. The van der Waals surface area contributed by atoms with Crippen LogP contribution in [0.1, 0.15) is 32.1 Å². The van der Waals surface area contributed by atoms with Gasteiger partial charge >= 0.3 is 114 Å². The van der Waals surface area contributed by atoms with Gasteiger partial charge in [0.05, 0.1) is 0 Å². The Balaban J connectivity index is 1.96. The van der Waals surface area contributed by atoms with Gasteiger partial charge in [0, 0.05) is 0 Å². The summed E-state index contributed by atoms with van der Waals surface area (Å²) in [5, 5.41) is 0. The first-order chi connectivity index (χ1) is 8.33. The average molecular weight is 402 g/mol. The van der Waals surface area contributed by atoms with Crippen molar-refractivity contribution >= 4 is 4.08 Å².